The first-order valence-corrected chi connectivity index (χ1v) is 10.5. The second kappa shape index (κ2) is 11.3. The minimum absolute atomic E-state index is 0.919. The summed E-state index contributed by atoms with van der Waals surface area (Å²) in [6, 6.07) is 0. The Morgan fingerprint density at radius 1 is 0.714 bits per heavy atom. The van der Waals surface area contributed by atoms with Crippen molar-refractivity contribution in [3.05, 3.63) is 36.4 Å². The van der Waals surface area contributed by atoms with E-state index in [-0.39, 0.29) is 0 Å². The number of hydrogen-bond donors (Lipinski definition) is 2. The second-order valence-corrected chi connectivity index (χ2v) is 7.67. The average Bonchev–Trinajstić information content (AvgIpc) is 3.27. The largest absolute Gasteiger partial charge is 0.337 e. The highest BCUT2D eigenvalue weighted by atomic mass is 15.2. The predicted molar refractivity (Wildman–Crippen MR) is 112 cm³/mol. The Morgan fingerprint density at radius 2 is 1.18 bits per heavy atom. The van der Waals surface area contributed by atoms with Gasteiger partial charge in [-0.1, -0.05) is 0 Å². The minimum Gasteiger partial charge on any atom is -0.337 e. The average molecular weight is 389 g/mol. The van der Waals surface area contributed by atoms with Gasteiger partial charge >= 0.3 is 0 Å². The van der Waals surface area contributed by atoms with Gasteiger partial charge in [0, 0.05) is 65.1 Å². The lowest BCUT2D eigenvalue weighted by molar-refractivity contribution is 0.233. The van der Waals surface area contributed by atoms with Gasteiger partial charge < -0.3 is 19.8 Å². The van der Waals surface area contributed by atoms with Crippen LogP contribution < -0.4 is 10.6 Å². The van der Waals surface area contributed by atoms with Crippen molar-refractivity contribution < 1.29 is 0 Å². The molecule has 28 heavy (non-hydrogen) atoms. The molecule has 0 aromatic carbocycles. The zero-order valence-corrected chi connectivity index (χ0v) is 17.5. The summed E-state index contributed by atoms with van der Waals surface area (Å²) in [7, 11) is 4.14. The molecule has 0 unspecified atom stereocenters. The van der Waals surface area contributed by atoms with Gasteiger partial charge in [-0.3, -0.25) is 9.80 Å². The molecule has 0 bridgehead atoms. The van der Waals surface area contributed by atoms with Crippen LogP contribution in [0, 0.1) is 0 Å². The summed E-state index contributed by atoms with van der Waals surface area (Å²) in [5.74, 6) is 2.28. The first-order chi connectivity index (χ1) is 13.7. The van der Waals surface area contributed by atoms with Crippen molar-refractivity contribution in [1.82, 2.24) is 39.5 Å². The van der Waals surface area contributed by atoms with Crippen molar-refractivity contribution in [3.63, 3.8) is 0 Å². The van der Waals surface area contributed by atoms with E-state index in [4.69, 9.17) is 0 Å². The molecule has 1 saturated heterocycles. The summed E-state index contributed by atoms with van der Waals surface area (Å²) < 4.78 is 4.24. The summed E-state index contributed by atoms with van der Waals surface area (Å²) in [5.41, 5.74) is 0. The molecule has 0 spiro atoms. The van der Waals surface area contributed by atoms with Crippen molar-refractivity contribution in [2.75, 3.05) is 52.4 Å². The van der Waals surface area contributed by atoms with Crippen LogP contribution in [0.3, 0.4) is 0 Å². The number of hydrogen-bond acceptors (Lipinski definition) is 6. The third-order valence-corrected chi connectivity index (χ3v) is 5.44. The van der Waals surface area contributed by atoms with Crippen molar-refractivity contribution in [1.29, 1.82) is 0 Å². The van der Waals surface area contributed by atoms with Crippen LogP contribution in [0.2, 0.25) is 0 Å². The molecule has 156 valence electrons. The molecule has 8 heteroatoms. The van der Waals surface area contributed by atoms with Gasteiger partial charge in [-0.25, -0.2) is 9.97 Å². The first-order valence-electron chi connectivity index (χ1n) is 10.5. The molecule has 3 heterocycles. The van der Waals surface area contributed by atoms with Gasteiger partial charge in [0.15, 0.2) is 0 Å². The van der Waals surface area contributed by atoms with Crippen LogP contribution in [0.15, 0.2) is 24.8 Å². The Labute approximate surface area is 168 Å². The first kappa shape index (κ1) is 21.0. The highest BCUT2D eigenvalue weighted by Gasteiger charge is 2.11. The summed E-state index contributed by atoms with van der Waals surface area (Å²) in [5, 5.41) is 7.24. The SMILES string of the molecule is Cn1ccnc1CN1CCCNCCN(Cc2nccn2C)CCCNCC1. The lowest BCUT2D eigenvalue weighted by Crippen LogP contribution is -2.38. The van der Waals surface area contributed by atoms with Crippen molar-refractivity contribution in [2.45, 2.75) is 25.9 Å². The molecular formula is C20H36N8. The Morgan fingerprint density at radius 3 is 1.57 bits per heavy atom. The monoisotopic (exact) mass is 388 g/mol. The lowest BCUT2D eigenvalue weighted by Gasteiger charge is -2.25. The Hall–Kier alpha value is -1.74. The molecule has 0 radical (unpaired) electrons. The van der Waals surface area contributed by atoms with Gasteiger partial charge in [0.05, 0.1) is 13.1 Å². The molecule has 1 aliphatic heterocycles. The van der Waals surface area contributed by atoms with E-state index in [9.17, 15) is 0 Å². The highest BCUT2D eigenvalue weighted by molar-refractivity contribution is 4.92. The van der Waals surface area contributed by atoms with E-state index in [1.54, 1.807) is 0 Å². The third-order valence-electron chi connectivity index (χ3n) is 5.44. The fourth-order valence-corrected chi connectivity index (χ4v) is 3.62. The van der Waals surface area contributed by atoms with Gasteiger partial charge in [0.25, 0.3) is 0 Å². The Bertz CT molecular complexity index is 605. The molecule has 0 saturated carbocycles. The van der Waals surface area contributed by atoms with E-state index in [1.165, 1.54) is 0 Å². The van der Waals surface area contributed by atoms with Gasteiger partial charge in [-0.2, -0.15) is 0 Å². The lowest BCUT2D eigenvalue weighted by atomic mass is 10.3. The number of aromatic nitrogens is 4. The summed E-state index contributed by atoms with van der Waals surface area (Å²) in [6.45, 7) is 10.3. The summed E-state index contributed by atoms with van der Waals surface area (Å²) >= 11 is 0. The van der Waals surface area contributed by atoms with E-state index in [0.29, 0.717) is 0 Å². The molecule has 1 fully saturated rings. The van der Waals surface area contributed by atoms with E-state index in [2.05, 4.69) is 53.6 Å². The minimum atomic E-state index is 0.919. The molecule has 2 aromatic heterocycles. The van der Waals surface area contributed by atoms with Crippen LogP contribution >= 0.6 is 0 Å². The second-order valence-electron chi connectivity index (χ2n) is 7.67. The molecule has 0 atom stereocenters. The number of nitrogens with zero attached hydrogens (tertiary/aromatic N) is 6. The maximum absolute atomic E-state index is 4.48. The molecule has 2 N–H and O–H groups in total. The van der Waals surface area contributed by atoms with Crippen LogP contribution in [0.25, 0.3) is 0 Å². The van der Waals surface area contributed by atoms with Crippen LogP contribution in [-0.4, -0.2) is 81.3 Å². The number of aryl methyl sites for hydroxylation is 2. The van der Waals surface area contributed by atoms with Crippen LogP contribution in [-0.2, 0) is 27.2 Å². The predicted octanol–water partition coefficient (Wildman–Crippen LogP) is 0.431. The quantitative estimate of drug-likeness (QED) is 0.792. The van der Waals surface area contributed by atoms with E-state index >= 15 is 0 Å². The number of rotatable bonds is 4. The maximum Gasteiger partial charge on any atom is 0.122 e. The third kappa shape index (κ3) is 6.70. The maximum atomic E-state index is 4.48. The molecule has 3 rings (SSSR count). The fraction of sp³-hybridized carbons (Fsp3) is 0.700. The Balaban J connectivity index is 1.47. The van der Waals surface area contributed by atoms with Crippen molar-refractivity contribution >= 4 is 0 Å². The molecule has 2 aromatic rings. The molecular weight excluding hydrogens is 352 g/mol. The fourth-order valence-electron chi connectivity index (χ4n) is 3.62. The summed E-state index contributed by atoms with van der Waals surface area (Å²) in [4.78, 5) is 14.0. The normalized spacial score (nSPS) is 19.5. The van der Waals surface area contributed by atoms with Gasteiger partial charge in [0.1, 0.15) is 11.6 Å². The number of nitrogens with one attached hydrogen (secondary N) is 2. The van der Waals surface area contributed by atoms with Crippen LogP contribution in [0.5, 0.6) is 0 Å². The van der Waals surface area contributed by atoms with E-state index in [0.717, 1.165) is 89.9 Å². The van der Waals surface area contributed by atoms with Gasteiger partial charge in [-0.05, 0) is 39.0 Å². The topological polar surface area (TPSA) is 66.2 Å². The molecule has 0 aliphatic carbocycles. The van der Waals surface area contributed by atoms with Gasteiger partial charge in [-0.15, -0.1) is 0 Å². The van der Waals surface area contributed by atoms with Crippen molar-refractivity contribution in [3.8, 4) is 0 Å². The molecule has 0 amide bonds. The van der Waals surface area contributed by atoms with Crippen molar-refractivity contribution in [2.24, 2.45) is 14.1 Å². The molecule has 8 nitrogen and oxygen atoms in total. The number of imidazole rings is 2. The Kier molecular flexibility index (Phi) is 8.47. The smallest absolute Gasteiger partial charge is 0.122 e. The van der Waals surface area contributed by atoms with Gasteiger partial charge in [0.2, 0.25) is 0 Å². The van der Waals surface area contributed by atoms with E-state index < -0.39 is 0 Å². The zero-order valence-electron chi connectivity index (χ0n) is 17.5. The highest BCUT2D eigenvalue weighted by Crippen LogP contribution is 2.04. The van der Waals surface area contributed by atoms with E-state index in [1.807, 2.05) is 24.8 Å². The molecule has 1 aliphatic rings. The zero-order chi connectivity index (χ0) is 19.6. The summed E-state index contributed by atoms with van der Waals surface area (Å²) in [6.07, 6.45) is 10.1. The van der Waals surface area contributed by atoms with Crippen LogP contribution in [0.1, 0.15) is 24.5 Å². The van der Waals surface area contributed by atoms with Crippen LogP contribution in [0.4, 0.5) is 0 Å². The standard InChI is InChI=1S/C20H36N8/c1-25-13-9-23-19(25)17-27-11-3-5-22-8-16-28(12-4-6-21-7-15-27)18-20-24-10-14-26(20)2/h9-10,13-14,21-22H,3-8,11-12,15-18H2,1-2H3.